The number of halogens is 1. The maximum atomic E-state index is 11.9. The van der Waals surface area contributed by atoms with Gasteiger partial charge in [-0.1, -0.05) is 23.7 Å². The van der Waals surface area contributed by atoms with Crippen LogP contribution in [0.5, 0.6) is 0 Å². The van der Waals surface area contributed by atoms with Gasteiger partial charge in [0.25, 0.3) is 5.91 Å². The Morgan fingerprint density at radius 1 is 1.11 bits per heavy atom. The van der Waals surface area contributed by atoms with E-state index in [1.165, 1.54) is 6.08 Å². The predicted molar refractivity (Wildman–Crippen MR) is 108 cm³/mol. The van der Waals surface area contributed by atoms with Gasteiger partial charge < -0.3 is 15.0 Å². The van der Waals surface area contributed by atoms with Crippen LogP contribution < -0.4 is 10.2 Å². The number of esters is 1. The summed E-state index contributed by atoms with van der Waals surface area (Å²) in [5, 5.41) is 3.26. The number of carbonyl (C=O) groups is 3. The van der Waals surface area contributed by atoms with E-state index in [1.807, 2.05) is 0 Å². The van der Waals surface area contributed by atoms with Gasteiger partial charge in [0.05, 0.1) is 0 Å². The number of benzene rings is 2. The van der Waals surface area contributed by atoms with Crippen molar-refractivity contribution in [2.24, 2.45) is 0 Å². The number of amides is 2. The topological polar surface area (TPSA) is 75.7 Å². The molecule has 0 unspecified atom stereocenters. The van der Waals surface area contributed by atoms with Crippen molar-refractivity contribution in [3.8, 4) is 0 Å². The number of nitrogens with one attached hydrogen (secondary N) is 1. The Morgan fingerprint density at radius 3 is 2.46 bits per heavy atom. The van der Waals surface area contributed by atoms with Crippen molar-refractivity contribution < 1.29 is 19.1 Å². The first-order valence-corrected chi connectivity index (χ1v) is 9.20. The molecule has 6 nitrogen and oxygen atoms in total. The Bertz CT molecular complexity index is 892. The van der Waals surface area contributed by atoms with E-state index in [0.717, 1.165) is 17.7 Å². The number of ether oxygens (including phenoxy) is 1. The number of anilines is 2. The van der Waals surface area contributed by atoms with Crippen LogP contribution in [0.3, 0.4) is 0 Å². The van der Waals surface area contributed by atoms with E-state index in [0.29, 0.717) is 23.7 Å². The van der Waals surface area contributed by atoms with E-state index < -0.39 is 18.5 Å². The summed E-state index contributed by atoms with van der Waals surface area (Å²) in [6, 6.07) is 13.9. The van der Waals surface area contributed by atoms with E-state index in [4.69, 9.17) is 16.3 Å². The zero-order valence-electron chi connectivity index (χ0n) is 15.1. The summed E-state index contributed by atoms with van der Waals surface area (Å²) >= 11 is 5.80. The quantitative estimate of drug-likeness (QED) is 0.595. The summed E-state index contributed by atoms with van der Waals surface area (Å²) in [7, 11) is 0. The minimum absolute atomic E-state index is 0.107. The molecule has 28 heavy (non-hydrogen) atoms. The SMILES string of the molecule is O=C(COC(=O)/C=C/c1ccc(Cl)cc1)Nc1ccc(N2CCCC2=O)cc1. The molecule has 1 aliphatic rings. The Labute approximate surface area is 167 Å². The summed E-state index contributed by atoms with van der Waals surface area (Å²) in [5.41, 5.74) is 2.16. The van der Waals surface area contributed by atoms with E-state index in [1.54, 1.807) is 59.5 Å². The molecule has 2 aromatic rings. The monoisotopic (exact) mass is 398 g/mol. The fourth-order valence-electron chi connectivity index (χ4n) is 2.77. The maximum Gasteiger partial charge on any atom is 0.331 e. The summed E-state index contributed by atoms with van der Waals surface area (Å²) in [6.45, 7) is 0.320. The van der Waals surface area contributed by atoms with Crippen LogP contribution in [0.4, 0.5) is 11.4 Å². The van der Waals surface area contributed by atoms with Gasteiger partial charge in [-0.15, -0.1) is 0 Å². The Hall–Kier alpha value is -3.12. The first kappa shape index (κ1) is 19.6. The molecule has 0 bridgehead atoms. The van der Waals surface area contributed by atoms with Crippen molar-refractivity contribution in [1.82, 2.24) is 0 Å². The molecule has 7 heteroatoms. The van der Waals surface area contributed by atoms with Crippen LogP contribution in [0, 0.1) is 0 Å². The normalized spacial score (nSPS) is 13.8. The fourth-order valence-corrected chi connectivity index (χ4v) is 2.89. The molecule has 3 rings (SSSR count). The number of hydrogen-bond donors (Lipinski definition) is 1. The van der Waals surface area contributed by atoms with E-state index >= 15 is 0 Å². The van der Waals surface area contributed by atoms with Crippen LogP contribution in [0.2, 0.25) is 5.02 Å². The Morgan fingerprint density at radius 2 is 1.82 bits per heavy atom. The van der Waals surface area contributed by atoms with Gasteiger partial charge in [0.2, 0.25) is 5.91 Å². The second-order valence-corrected chi connectivity index (χ2v) is 6.67. The molecule has 0 atom stereocenters. The molecule has 1 fully saturated rings. The van der Waals surface area contributed by atoms with Crippen LogP contribution in [-0.4, -0.2) is 30.9 Å². The third kappa shape index (κ3) is 5.44. The maximum absolute atomic E-state index is 11.9. The molecule has 0 spiro atoms. The third-order valence-corrected chi connectivity index (χ3v) is 4.42. The Balaban J connectivity index is 1.45. The first-order chi connectivity index (χ1) is 13.5. The van der Waals surface area contributed by atoms with Crippen molar-refractivity contribution >= 4 is 46.8 Å². The van der Waals surface area contributed by atoms with Crippen LogP contribution in [0.25, 0.3) is 6.08 Å². The lowest BCUT2D eigenvalue weighted by Crippen LogP contribution is -2.23. The second-order valence-electron chi connectivity index (χ2n) is 6.24. The molecule has 1 heterocycles. The van der Waals surface area contributed by atoms with Gasteiger partial charge in [0, 0.05) is 35.4 Å². The lowest BCUT2D eigenvalue weighted by atomic mass is 10.2. The molecular weight excluding hydrogens is 380 g/mol. The number of nitrogens with zero attached hydrogens (tertiary/aromatic N) is 1. The minimum atomic E-state index is -0.618. The van der Waals surface area contributed by atoms with Crippen LogP contribution in [0.1, 0.15) is 18.4 Å². The molecular formula is C21H19ClN2O4. The Kier molecular flexibility index (Phi) is 6.45. The highest BCUT2D eigenvalue weighted by molar-refractivity contribution is 6.30. The first-order valence-electron chi connectivity index (χ1n) is 8.82. The highest BCUT2D eigenvalue weighted by Gasteiger charge is 2.21. The van der Waals surface area contributed by atoms with Gasteiger partial charge in [-0.3, -0.25) is 9.59 Å². The smallest absolute Gasteiger partial charge is 0.331 e. The molecule has 0 aliphatic carbocycles. The largest absolute Gasteiger partial charge is 0.452 e. The van der Waals surface area contributed by atoms with E-state index in [2.05, 4.69) is 5.32 Å². The van der Waals surface area contributed by atoms with Crippen molar-refractivity contribution in [3.05, 3.63) is 65.2 Å². The second kappa shape index (κ2) is 9.19. The lowest BCUT2D eigenvalue weighted by molar-refractivity contribution is -0.142. The van der Waals surface area contributed by atoms with Crippen molar-refractivity contribution in [3.63, 3.8) is 0 Å². The lowest BCUT2D eigenvalue weighted by Gasteiger charge is -2.16. The third-order valence-electron chi connectivity index (χ3n) is 4.16. The van der Waals surface area contributed by atoms with Crippen molar-refractivity contribution in [1.29, 1.82) is 0 Å². The molecule has 2 aromatic carbocycles. The molecule has 0 saturated carbocycles. The molecule has 0 radical (unpaired) electrons. The molecule has 2 amide bonds. The number of hydrogen-bond acceptors (Lipinski definition) is 4. The molecule has 1 aliphatic heterocycles. The average Bonchev–Trinajstić information content (AvgIpc) is 3.12. The number of carbonyl (C=O) groups excluding carboxylic acids is 3. The highest BCUT2D eigenvalue weighted by atomic mass is 35.5. The molecule has 1 saturated heterocycles. The van der Waals surface area contributed by atoms with Crippen LogP contribution in [-0.2, 0) is 19.1 Å². The van der Waals surface area contributed by atoms with Gasteiger partial charge in [-0.05, 0) is 54.5 Å². The predicted octanol–water partition coefficient (Wildman–Crippen LogP) is 3.66. The van der Waals surface area contributed by atoms with Gasteiger partial charge >= 0.3 is 5.97 Å². The van der Waals surface area contributed by atoms with E-state index in [9.17, 15) is 14.4 Å². The van der Waals surface area contributed by atoms with Crippen molar-refractivity contribution in [2.45, 2.75) is 12.8 Å². The van der Waals surface area contributed by atoms with Crippen LogP contribution >= 0.6 is 11.6 Å². The van der Waals surface area contributed by atoms with E-state index in [-0.39, 0.29) is 5.91 Å². The number of rotatable bonds is 6. The van der Waals surface area contributed by atoms with Crippen LogP contribution in [0.15, 0.2) is 54.6 Å². The zero-order chi connectivity index (χ0) is 19.9. The summed E-state index contributed by atoms with van der Waals surface area (Å²) in [6.07, 6.45) is 4.25. The summed E-state index contributed by atoms with van der Waals surface area (Å²) < 4.78 is 4.92. The van der Waals surface area contributed by atoms with Gasteiger partial charge in [0.15, 0.2) is 6.61 Å². The average molecular weight is 399 g/mol. The fraction of sp³-hybridized carbons (Fsp3) is 0.190. The van der Waals surface area contributed by atoms with Crippen molar-refractivity contribution in [2.75, 3.05) is 23.4 Å². The zero-order valence-corrected chi connectivity index (χ0v) is 15.8. The van der Waals surface area contributed by atoms with Gasteiger partial charge in [-0.2, -0.15) is 0 Å². The standard InChI is InChI=1S/C21H19ClN2O4/c22-16-6-3-15(4-7-16)5-12-21(27)28-14-19(25)23-17-8-10-18(11-9-17)24-13-1-2-20(24)26/h3-12H,1-2,13-14H2,(H,23,25)/b12-5+. The molecule has 0 aromatic heterocycles. The van der Waals surface area contributed by atoms with Gasteiger partial charge in [-0.25, -0.2) is 4.79 Å². The molecule has 1 N–H and O–H groups in total. The summed E-state index contributed by atoms with van der Waals surface area (Å²) in [4.78, 5) is 37.1. The summed E-state index contributed by atoms with van der Waals surface area (Å²) in [5.74, 6) is -0.957. The molecule has 144 valence electrons. The highest BCUT2D eigenvalue weighted by Crippen LogP contribution is 2.23. The van der Waals surface area contributed by atoms with Gasteiger partial charge in [0.1, 0.15) is 0 Å². The minimum Gasteiger partial charge on any atom is -0.452 e.